The minimum Gasteiger partial charge on any atom is -0.390 e. The zero-order valence-electron chi connectivity index (χ0n) is 13.8. The van der Waals surface area contributed by atoms with Crippen LogP contribution in [0.25, 0.3) is 0 Å². The largest absolute Gasteiger partial charge is 0.390 e. The van der Waals surface area contributed by atoms with E-state index < -0.39 is 0 Å². The third-order valence-corrected chi connectivity index (χ3v) is 4.33. The van der Waals surface area contributed by atoms with Gasteiger partial charge in [-0.3, -0.25) is 14.6 Å². The SMILES string of the molecule is C=CNCCN1CCCCC1CN(C)C(C(N)=O)C(C)C. The molecule has 0 bridgehead atoms. The molecule has 0 aromatic heterocycles. The lowest BCUT2D eigenvalue weighted by Crippen LogP contribution is -2.53. The number of nitrogens with zero attached hydrogens (tertiary/aromatic N) is 2. The maximum Gasteiger partial charge on any atom is 0.235 e. The minimum absolute atomic E-state index is 0.180. The van der Waals surface area contributed by atoms with Crippen molar-refractivity contribution in [3.05, 3.63) is 12.8 Å². The van der Waals surface area contributed by atoms with Crippen molar-refractivity contribution in [1.82, 2.24) is 15.1 Å². The first kappa shape index (κ1) is 18.0. The zero-order valence-corrected chi connectivity index (χ0v) is 13.8. The second-order valence-corrected chi connectivity index (χ2v) is 6.37. The van der Waals surface area contributed by atoms with E-state index >= 15 is 0 Å². The third kappa shape index (κ3) is 5.67. The van der Waals surface area contributed by atoms with Crippen molar-refractivity contribution in [2.75, 3.05) is 33.2 Å². The van der Waals surface area contributed by atoms with Gasteiger partial charge in [0.15, 0.2) is 0 Å². The predicted molar refractivity (Wildman–Crippen MR) is 87.9 cm³/mol. The van der Waals surface area contributed by atoms with Crippen molar-refractivity contribution in [3.63, 3.8) is 0 Å². The number of amides is 1. The third-order valence-electron chi connectivity index (χ3n) is 4.33. The van der Waals surface area contributed by atoms with Gasteiger partial charge in [0.1, 0.15) is 0 Å². The second-order valence-electron chi connectivity index (χ2n) is 6.37. The summed E-state index contributed by atoms with van der Waals surface area (Å²) in [5.74, 6) is 0.0233. The molecule has 5 nitrogen and oxygen atoms in total. The van der Waals surface area contributed by atoms with Gasteiger partial charge in [-0.1, -0.05) is 26.8 Å². The number of piperidine rings is 1. The Bertz CT molecular complexity index is 332. The fourth-order valence-corrected chi connectivity index (χ4v) is 3.37. The highest BCUT2D eigenvalue weighted by Crippen LogP contribution is 2.19. The Kier molecular flexibility index (Phi) is 7.75. The molecule has 0 aromatic carbocycles. The average molecular weight is 296 g/mol. The topological polar surface area (TPSA) is 61.6 Å². The summed E-state index contributed by atoms with van der Waals surface area (Å²) in [7, 11) is 2.02. The normalized spacial score (nSPS) is 21.5. The van der Waals surface area contributed by atoms with Crippen LogP contribution in [-0.2, 0) is 4.79 Å². The Morgan fingerprint density at radius 3 is 2.81 bits per heavy atom. The van der Waals surface area contributed by atoms with Crippen LogP contribution in [0, 0.1) is 5.92 Å². The fourth-order valence-electron chi connectivity index (χ4n) is 3.37. The Morgan fingerprint density at radius 2 is 2.24 bits per heavy atom. The Labute approximate surface area is 129 Å². The first-order valence-electron chi connectivity index (χ1n) is 8.05. The second kappa shape index (κ2) is 9.05. The molecule has 1 amide bonds. The summed E-state index contributed by atoms with van der Waals surface area (Å²) < 4.78 is 0. The summed E-state index contributed by atoms with van der Waals surface area (Å²) in [6.07, 6.45) is 5.47. The van der Waals surface area contributed by atoms with E-state index in [1.807, 2.05) is 7.05 Å². The minimum atomic E-state index is -0.219. The summed E-state index contributed by atoms with van der Waals surface area (Å²) in [5.41, 5.74) is 5.56. The molecule has 1 aliphatic heterocycles. The molecule has 21 heavy (non-hydrogen) atoms. The van der Waals surface area contributed by atoms with Crippen LogP contribution in [0.1, 0.15) is 33.1 Å². The van der Waals surface area contributed by atoms with E-state index in [9.17, 15) is 4.79 Å². The molecule has 0 radical (unpaired) electrons. The van der Waals surface area contributed by atoms with Crippen molar-refractivity contribution in [3.8, 4) is 0 Å². The van der Waals surface area contributed by atoms with Gasteiger partial charge in [0.2, 0.25) is 5.91 Å². The van der Waals surface area contributed by atoms with E-state index in [4.69, 9.17) is 5.73 Å². The van der Waals surface area contributed by atoms with E-state index in [1.165, 1.54) is 19.3 Å². The Morgan fingerprint density at radius 1 is 1.52 bits per heavy atom. The van der Waals surface area contributed by atoms with Crippen molar-refractivity contribution in [2.24, 2.45) is 11.7 Å². The van der Waals surface area contributed by atoms with E-state index in [0.29, 0.717) is 6.04 Å². The highest BCUT2D eigenvalue weighted by molar-refractivity contribution is 5.80. The summed E-state index contributed by atoms with van der Waals surface area (Å²) in [6.45, 7) is 11.8. The molecule has 0 spiro atoms. The number of likely N-dealkylation sites (N-methyl/N-ethyl adjacent to an activating group) is 1. The first-order valence-corrected chi connectivity index (χ1v) is 8.05. The van der Waals surface area contributed by atoms with Gasteiger partial charge >= 0.3 is 0 Å². The summed E-state index contributed by atoms with van der Waals surface area (Å²) in [6, 6.07) is 0.330. The van der Waals surface area contributed by atoms with Crippen LogP contribution in [-0.4, -0.2) is 61.0 Å². The number of hydrogen-bond acceptors (Lipinski definition) is 4. The van der Waals surface area contributed by atoms with Gasteiger partial charge in [-0.2, -0.15) is 0 Å². The molecule has 0 aromatic rings. The molecule has 1 fully saturated rings. The summed E-state index contributed by atoms with van der Waals surface area (Å²) in [4.78, 5) is 16.3. The Hall–Kier alpha value is -1.07. The number of carbonyl (C=O) groups excluding carboxylic acids is 1. The number of carbonyl (C=O) groups is 1. The van der Waals surface area contributed by atoms with Crippen LogP contribution in [0.4, 0.5) is 0 Å². The summed E-state index contributed by atoms with van der Waals surface area (Å²) in [5, 5.41) is 3.16. The molecule has 122 valence electrons. The van der Waals surface area contributed by atoms with Gasteiger partial charge in [0.05, 0.1) is 6.04 Å². The maximum absolute atomic E-state index is 11.7. The van der Waals surface area contributed by atoms with Gasteiger partial charge in [-0.05, 0) is 38.6 Å². The van der Waals surface area contributed by atoms with E-state index in [-0.39, 0.29) is 17.9 Å². The van der Waals surface area contributed by atoms with Gasteiger partial charge < -0.3 is 11.1 Å². The highest BCUT2D eigenvalue weighted by Gasteiger charge is 2.29. The average Bonchev–Trinajstić information content (AvgIpc) is 2.40. The van der Waals surface area contributed by atoms with Crippen LogP contribution < -0.4 is 11.1 Å². The van der Waals surface area contributed by atoms with Crippen molar-refractivity contribution in [2.45, 2.75) is 45.2 Å². The number of primary amides is 1. The summed E-state index contributed by atoms with van der Waals surface area (Å²) >= 11 is 0. The molecule has 0 aliphatic carbocycles. The lowest BCUT2D eigenvalue weighted by molar-refractivity contribution is -0.124. The van der Waals surface area contributed by atoms with E-state index in [1.54, 1.807) is 6.20 Å². The van der Waals surface area contributed by atoms with Crippen molar-refractivity contribution < 1.29 is 4.79 Å². The Balaban J connectivity index is 2.59. The smallest absolute Gasteiger partial charge is 0.235 e. The molecule has 1 heterocycles. The van der Waals surface area contributed by atoms with Crippen LogP contribution >= 0.6 is 0 Å². The predicted octanol–water partition coefficient (Wildman–Crippen LogP) is 1.02. The quantitative estimate of drug-likeness (QED) is 0.624. The molecule has 5 heteroatoms. The van der Waals surface area contributed by atoms with Crippen molar-refractivity contribution >= 4 is 5.91 Å². The van der Waals surface area contributed by atoms with E-state index in [0.717, 1.165) is 26.2 Å². The zero-order chi connectivity index (χ0) is 15.8. The highest BCUT2D eigenvalue weighted by atomic mass is 16.1. The molecule has 0 saturated carbocycles. The van der Waals surface area contributed by atoms with Crippen LogP contribution in [0.2, 0.25) is 0 Å². The number of nitrogens with one attached hydrogen (secondary N) is 1. The molecular formula is C16H32N4O. The molecule has 3 N–H and O–H groups in total. The van der Waals surface area contributed by atoms with Gasteiger partial charge in [0, 0.05) is 25.7 Å². The van der Waals surface area contributed by atoms with Crippen LogP contribution in [0.15, 0.2) is 12.8 Å². The van der Waals surface area contributed by atoms with Crippen molar-refractivity contribution in [1.29, 1.82) is 0 Å². The number of rotatable bonds is 9. The van der Waals surface area contributed by atoms with Gasteiger partial charge in [-0.15, -0.1) is 0 Å². The maximum atomic E-state index is 11.7. The molecular weight excluding hydrogens is 264 g/mol. The number of likely N-dealkylation sites (tertiary alicyclic amines) is 1. The number of nitrogens with two attached hydrogens (primary N) is 1. The molecule has 1 saturated heterocycles. The lowest BCUT2D eigenvalue weighted by atomic mass is 9.98. The monoisotopic (exact) mass is 296 g/mol. The first-order chi connectivity index (χ1) is 9.97. The molecule has 2 atom stereocenters. The van der Waals surface area contributed by atoms with Crippen LogP contribution in [0.3, 0.4) is 0 Å². The van der Waals surface area contributed by atoms with Gasteiger partial charge in [-0.25, -0.2) is 0 Å². The molecule has 2 unspecified atom stereocenters. The van der Waals surface area contributed by atoms with Gasteiger partial charge in [0.25, 0.3) is 0 Å². The molecule has 1 rings (SSSR count). The lowest BCUT2D eigenvalue weighted by Gasteiger charge is -2.40. The van der Waals surface area contributed by atoms with E-state index in [2.05, 4.69) is 35.5 Å². The molecule has 1 aliphatic rings. The van der Waals surface area contributed by atoms with Crippen LogP contribution in [0.5, 0.6) is 0 Å². The fraction of sp³-hybridized carbons (Fsp3) is 0.812. The number of hydrogen-bond donors (Lipinski definition) is 2. The standard InChI is InChI=1S/C16H32N4O/c1-5-18-9-11-20-10-7-6-8-14(20)12-19(4)15(13(2)3)16(17)21/h5,13-15,18H,1,6-12H2,2-4H3,(H2,17,21).